The van der Waals surface area contributed by atoms with Crippen LogP contribution in [-0.2, 0) is 22.4 Å². The molecule has 1 aromatic rings. The average molecular weight is 245 g/mol. The Morgan fingerprint density at radius 3 is 2.89 bits per heavy atom. The normalized spacial score (nSPS) is 24.6. The first-order valence-corrected chi connectivity index (χ1v) is 5.94. The molecule has 0 fully saturated rings. The van der Waals surface area contributed by atoms with Crippen LogP contribution in [0.2, 0.25) is 0 Å². The van der Waals surface area contributed by atoms with Gasteiger partial charge in [0.2, 0.25) is 5.91 Å². The lowest BCUT2D eigenvalue weighted by molar-refractivity contribution is -0.114. The summed E-state index contributed by atoms with van der Waals surface area (Å²) < 4.78 is 5.27. The van der Waals surface area contributed by atoms with E-state index in [0.29, 0.717) is 6.61 Å². The van der Waals surface area contributed by atoms with Crippen LogP contribution < -0.4 is 11.1 Å². The first kappa shape index (κ1) is 11.1. The second kappa shape index (κ2) is 3.73. The number of benzene rings is 1. The standard InChI is InChI=1S/C13H15N3O2/c1-8(17)15-11-3-2-9-5-13(6-10(9)4-11)7-18-12(14)16-13/h2-4H,5-7H2,1H3,(H2,14,16)(H,15,17). The molecule has 1 aromatic carbocycles. The highest BCUT2D eigenvalue weighted by Gasteiger charge is 2.41. The Morgan fingerprint density at radius 2 is 2.22 bits per heavy atom. The van der Waals surface area contributed by atoms with E-state index in [2.05, 4.69) is 10.3 Å². The Bertz CT molecular complexity index is 553. The van der Waals surface area contributed by atoms with E-state index in [1.54, 1.807) is 0 Å². The topological polar surface area (TPSA) is 76.7 Å². The van der Waals surface area contributed by atoms with Crippen LogP contribution in [0.5, 0.6) is 0 Å². The summed E-state index contributed by atoms with van der Waals surface area (Å²) in [5, 5.41) is 2.79. The summed E-state index contributed by atoms with van der Waals surface area (Å²) in [5.74, 6) is -0.0610. The van der Waals surface area contributed by atoms with Crippen molar-refractivity contribution in [1.82, 2.24) is 0 Å². The SMILES string of the molecule is CC(=O)Nc1ccc2c(c1)CC1(COC(N)=N1)C2. The van der Waals surface area contributed by atoms with Crippen LogP contribution in [0.25, 0.3) is 0 Å². The van der Waals surface area contributed by atoms with Gasteiger partial charge < -0.3 is 15.8 Å². The molecule has 0 aromatic heterocycles. The predicted molar refractivity (Wildman–Crippen MR) is 68.5 cm³/mol. The number of amides is 1. The van der Waals surface area contributed by atoms with Crippen LogP contribution in [0, 0.1) is 0 Å². The fourth-order valence-corrected chi connectivity index (χ4v) is 2.70. The van der Waals surface area contributed by atoms with Crippen molar-refractivity contribution in [3.8, 4) is 0 Å². The molecule has 5 nitrogen and oxygen atoms in total. The first-order chi connectivity index (χ1) is 8.56. The lowest BCUT2D eigenvalue weighted by Crippen LogP contribution is -2.28. The molecule has 1 unspecified atom stereocenters. The Balaban J connectivity index is 1.87. The zero-order valence-corrected chi connectivity index (χ0v) is 10.2. The van der Waals surface area contributed by atoms with Gasteiger partial charge in [-0.3, -0.25) is 4.79 Å². The zero-order chi connectivity index (χ0) is 12.8. The van der Waals surface area contributed by atoms with Crippen molar-refractivity contribution >= 4 is 17.6 Å². The van der Waals surface area contributed by atoms with Crippen molar-refractivity contribution in [1.29, 1.82) is 0 Å². The smallest absolute Gasteiger partial charge is 0.282 e. The van der Waals surface area contributed by atoms with Gasteiger partial charge >= 0.3 is 0 Å². The molecule has 3 rings (SSSR count). The van der Waals surface area contributed by atoms with Gasteiger partial charge in [0.05, 0.1) is 0 Å². The molecule has 5 heteroatoms. The summed E-state index contributed by atoms with van der Waals surface area (Å²) in [6, 6.07) is 6.25. The van der Waals surface area contributed by atoms with Crippen LogP contribution in [0.3, 0.4) is 0 Å². The number of hydrogen-bond acceptors (Lipinski definition) is 4. The van der Waals surface area contributed by atoms with Crippen LogP contribution in [0.1, 0.15) is 18.1 Å². The van der Waals surface area contributed by atoms with E-state index in [1.807, 2.05) is 18.2 Å². The molecule has 1 amide bonds. The molecule has 1 spiro atoms. The van der Waals surface area contributed by atoms with E-state index in [-0.39, 0.29) is 17.5 Å². The number of ether oxygens (including phenoxy) is 1. The Hall–Kier alpha value is -2.04. The van der Waals surface area contributed by atoms with Crippen LogP contribution in [-0.4, -0.2) is 24.1 Å². The van der Waals surface area contributed by atoms with E-state index in [0.717, 1.165) is 18.5 Å². The maximum Gasteiger partial charge on any atom is 0.282 e. The molecule has 18 heavy (non-hydrogen) atoms. The average Bonchev–Trinajstić information content (AvgIpc) is 2.80. The molecule has 0 bridgehead atoms. The minimum absolute atomic E-state index is 0.0610. The summed E-state index contributed by atoms with van der Waals surface area (Å²) in [7, 11) is 0. The largest absolute Gasteiger partial charge is 0.463 e. The number of carbonyl (C=O) groups excluding carboxylic acids is 1. The molecule has 2 aliphatic rings. The molecule has 1 aliphatic carbocycles. The zero-order valence-electron chi connectivity index (χ0n) is 10.2. The van der Waals surface area contributed by atoms with Crippen LogP contribution >= 0.6 is 0 Å². The summed E-state index contributed by atoms with van der Waals surface area (Å²) in [4.78, 5) is 15.4. The van der Waals surface area contributed by atoms with Crippen molar-refractivity contribution < 1.29 is 9.53 Å². The Kier molecular flexibility index (Phi) is 2.29. The van der Waals surface area contributed by atoms with Crippen LogP contribution in [0.4, 0.5) is 5.69 Å². The number of nitrogens with two attached hydrogens (primary N) is 1. The minimum Gasteiger partial charge on any atom is -0.463 e. The van der Waals surface area contributed by atoms with Crippen molar-refractivity contribution in [2.24, 2.45) is 10.7 Å². The van der Waals surface area contributed by atoms with E-state index >= 15 is 0 Å². The van der Waals surface area contributed by atoms with Crippen LogP contribution in [0.15, 0.2) is 23.2 Å². The Morgan fingerprint density at radius 1 is 1.44 bits per heavy atom. The quantitative estimate of drug-likeness (QED) is 0.769. The van der Waals surface area contributed by atoms with Gasteiger partial charge in [-0.2, -0.15) is 0 Å². The Labute approximate surface area is 105 Å². The number of amidine groups is 1. The van der Waals surface area contributed by atoms with Crippen molar-refractivity contribution in [3.63, 3.8) is 0 Å². The molecule has 0 saturated carbocycles. The molecule has 3 N–H and O–H groups in total. The molecule has 0 radical (unpaired) electrons. The maximum atomic E-state index is 11.0. The van der Waals surface area contributed by atoms with E-state index in [9.17, 15) is 4.79 Å². The number of aliphatic imine (C=N–C) groups is 1. The molecule has 1 atom stereocenters. The fraction of sp³-hybridized carbons (Fsp3) is 0.385. The van der Waals surface area contributed by atoms with E-state index in [1.165, 1.54) is 18.1 Å². The van der Waals surface area contributed by atoms with Gasteiger partial charge in [0.1, 0.15) is 12.1 Å². The molecule has 94 valence electrons. The van der Waals surface area contributed by atoms with E-state index in [4.69, 9.17) is 10.5 Å². The molecular weight excluding hydrogens is 230 g/mol. The number of anilines is 1. The second-order valence-corrected chi connectivity index (χ2v) is 4.98. The van der Waals surface area contributed by atoms with Gasteiger partial charge in [-0.15, -0.1) is 0 Å². The first-order valence-electron chi connectivity index (χ1n) is 5.94. The number of fused-ring (bicyclic) bond motifs is 1. The third-order valence-electron chi connectivity index (χ3n) is 3.40. The number of rotatable bonds is 1. The molecular formula is C13H15N3O2. The number of nitrogens with zero attached hydrogens (tertiary/aromatic N) is 1. The molecule has 1 aliphatic heterocycles. The lowest BCUT2D eigenvalue weighted by Gasteiger charge is -2.15. The van der Waals surface area contributed by atoms with Gasteiger partial charge in [0.25, 0.3) is 6.02 Å². The van der Waals surface area contributed by atoms with Gasteiger partial charge in [0.15, 0.2) is 0 Å². The number of carbonyl (C=O) groups is 1. The molecule has 0 saturated heterocycles. The monoisotopic (exact) mass is 245 g/mol. The highest BCUT2D eigenvalue weighted by molar-refractivity contribution is 5.88. The third kappa shape index (κ3) is 1.81. The van der Waals surface area contributed by atoms with Crippen molar-refractivity contribution in [2.45, 2.75) is 25.3 Å². The summed E-state index contributed by atoms with van der Waals surface area (Å²) in [6.07, 6.45) is 1.67. The number of nitrogens with one attached hydrogen (secondary N) is 1. The third-order valence-corrected chi connectivity index (χ3v) is 3.40. The summed E-state index contributed by atoms with van der Waals surface area (Å²) in [5.41, 5.74) is 8.66. The van der Waals surface area contributed by atoms with Crippen molar-refractivity contribution in [3.05, 3.63) is 29.3 Å². The fourth-order valence-electron chi connectivity index (χ4n) is 2.70. The summed E-state index contributed by atoms with van der Waals surface area (Å²) in [6.45, 7) is 2.05. The van der Waals surface area contributed by atoms with Gasteiger partial charge in [-0.25, -0.2) is 4.99 Å². The minimum atomic E-state index is -0.221. The lowest BCUT2D eigenvalue weighted by atomic mass is 9.99. The van der Waals surface area contributed by atoms with Gasteiger partial charge in [-0.1, -0.05) is 6.07 Å². The summed E-state index contributed by atoms with van der Waals surface area (Å²) >= 11 is 0. The molecule has 1 heterocycles. The predicted octanol–water partition coefficient (Wildman–Crippen LogP) is 0.827. The second-order valence-electron chi connectivity index (χ2n) is 4.98. The number of hydrogen-bond donors (Lipinski definition) is 2. The highest BCUT2D eigenvalue weighted by atomic mass is 16.5. The van der Waals surface area contributed by atoms with E-state index < -0.39 is 0 Å². The van der Waals surface area contributed by atoms with Crippen molar-refractivity contribution in [2.75, 3.05) is 11.9 Å². The highest BCUT2D eigenvalue weighted by Crippen LogP contribution is 2.36. The van der Waals surface area contributed by atoms with Gasteiger partial charge in [-0.05, 0) is 23.3 Å². The maximum absolute atomic E-state index is 11.0. The van der Waals surface area contributed by atoms with Gasteiger partial charge in [0, 0.05) is 25.5 Å².